The Balaban J connectivity index is 2.26. The van der Waals surface area contributed by atoms with Crippen LogP contribution in [0.2, 0.25) is 0 Å². The van der Waals surface area contributed by atoms with Crippen LogP contribution < -0.4 is 5.73 Å². The molecule has 1 rings (SSSR count). The number of unbranched alkanes of at least 4 members (excludes halogenated alkanes) is 3. The van der Waals surface area contributed by atoms with E-state index in [9.17, 15) is 0 Å². The zero-order valence-corrected chi connectivity index (χ0v) is 13.0. The van der Waals surface area contributed by atoms with Gasteiger partial charge in [-0.2, -0.15) is 0 Å². The van der Waals surface area contributed by atoms with Crippen LogP contribution in [0.1, 0.15) is 51.5 Å². The van der Waals surface area contributed by atoms with E-state index in [1.165, 1.54) is 25.7 Å². The lowest BCUT2D eigenvalue weighted by Crippen LogP contribution is -2.08. The maximum absolute atomic E-state index is 5.84. The lowest BCUT2D eigenvalue weighted by atomic mass is 10.1. The number of nitrogen functional groups attached to an aromatic ring is 1. The Labute approximate surface area is 119 Å². The maximum Gasteiger partial charge on any atom is 0.0721 e. The average Bonchev–Trinajstić information content (AvgIpc) is 2.31. The fraction of sp³-hybridized carbons (Fsp3) is 0.600. The predicted molar refractivity (Wildman–Crippen MR) is 81.6 cm³/mol. The summed E-state index contributed by atoms with van der Waals surface area (Å²) in [4.78, 5) is 0. The minimum atomic E-state index is 0.321. The minimum Gasteiger partial charge on any atom is -0.399 e. The molecule has 0 bridgehead atoms. The lowest BCUT2D eigenvalue weighted by molar-refractivity contribution is 0.0459. The first-order chi connectivity index (χ1) is 8.61. The van der Waals surface area contributed by atoms with Crippen molar-refractivity contribution in [3.63, 3.8) is 0 Å². The van der Waals surface area contributed by atoms with Gasteiger partial charge in [0.2, 0.25) is 0 Å². The number of nitrogens with two attached hydrogens (primary N) is 1. The van der Waals surface area contributed by atoms with E-state index in [0.29, 0.717) is 12.7 Å². The Morgan fingerprint density at radius 1 is 1.22 bits per heavy atom. The van der Waals surface area contributed by atoms with Gasteiger partial charge in [-0.05, 0) is 37.1 Å². The molecule has 0 heterocycles. The first kappa shape index (κ1) is 15.5. The molecule has 0 saturated heterocycles. The van der Waals surface area contributed by atoms with Crippen molar-refractivity contribution in [3.05, 3.63) is 28.2 Å². The summed E-state index contributed by atoms with van der Waals surface area (Å²) in [5.74, 6) is 0. The number of rotatable bonds is 8. The molecule has 1 atom stereocenters. The molecule has 1 unspecified atom stereocenters. The van der Waals surface area contributed by atoms with Crippen LogP contribution in [-0.2, 0) is 11.3 Å². The van der Waals surface area contributed by atoms with Crippen molar-refractivity contribution in [2.45, 2.75) is 58.7 Å². The number of hydrogen-bond donors (Lipinski definition) is 1. The highest BCUT2D eigenvalue weighted by atomic mass is 79.9. The highest BCUT2D eigenvalue weighted by Crippen LogP contribution is 2.19. The van der Waals surface area contributed by atoms with E-state index >= 15 is 0 Å². The van der Waals surface area contributed by atoms with Gasteiger partial charge in [0.15, 0.2) is 0 Å². The van der Waals surface area contributed by atoms with Crippen LogP contribution >= 0.6 is 15.9 Å². The second kappa shape index (κ2) is 8.54. The van der Waals surface area contributed by atoms with E-state index < -0.39 is 0 Å². The van der Waals surface area contributed by atoms with E-state index in [4.69, 9.17) is 10.5 Å². The number of benzene rings is 1. The van der Waals surface area contributed by atoms with E-state index in [-0.39, 0.29) is 0 Å². The molecule has 0 amide bonds. The summed E-state index contributed by atoms with van der Waals surface area (Å²) in [6, 6.07) is 5.92. The average molecular weight is 314 g/mol. The molecule has 102 valence electrons. The topological polar surface area (TPSA) is 35.2 Å². The highest BCUT2D eigenvalue weighted by Gasteiger charge is 2.04. The molecule has 0 aliphatic rings. The number of halogens is 1. The summed E-state index contributed by atoms with van der Waals surface area (Å²) < 4.78 is 6.85. The molecule has 1 aromatic rings. The third-order valence-corrected chi connectivity index (χ3v) is 3.44. The molecule has 18 heavy (non-hydrogen) atoms. The lowest BCUT2D eigenvalue weighted by Gasteiger charge is -2.13. The Morgan fingerprint density at radius 2 is 2.00 bits per heavy atom. The number of ether oxygens (including phenoxy) is 1. The fourth-order valence-electron chi connectivity index (χ4n) is 1.94. The van der Waals surface area contributed by atoms with E-state index in [1.54, 1.807) is 0 Å². The van der Waals surface area contributed by atoms with Crippen LogP contribution in [0, 0.1) is 0 Å². The van der Waals surface area contributed by atoms with Crippen molar-refractivity contribution in [1.29, 1.82) is 0 Å². The molecule has 2 N–H and O–H groups in total. The molecule has 3 heteroatoms. The Bertz CT molecular complexity index is 334. The van der Waals surface area contributed by atoms with Crippen molar-refractivity contribution in [2.24, 2.45) is 0 Å². The SMILES string of the molecule is CCCCCCC(C)OCc1cc(N)cc(Br)c1. The maximum atomic E-state index is 5.84. The Morgan fingerprint density at radius 3 is 2.67 bits per heavy atom. The van der Waals surface area contributed by atoms with Gasteiger partial charge in [0.1, 0.15) is 0 Å². The van der Waals surface area contributed by atoms with E-state index in [0.717, 1.165) is 22.1 Å². The van der Waals surface area contributed by atoms with Gasteiger partial charge in [-0.25, -0.2) is 0 Å². The monoisotopic (exact) mass is 313 g/mol. The fourth-order valence-corrected chi connectivity index (χ4v) is 2.50. The zero-order valence-electron chi connectivity index (χ0n) is 11.4. The highest BCUT2D eigenvalue weighted by molar-refractivity contribution is 9.10. The quantitative estimate of drug-likeness (QED) is 0.547. The molecule has 0 aliphatic carbocycles. The number of anilines is 1. The van der Waals surface area contributed by atoms with Crippen molar-refractivity contribution in [3.8, 4) is 0 Å². The van der Waals surface area contributed by atoms with Gasteiger partial charge in [0.05, 0.1) is 12.7 Å². The minimum absolute atomic E-state index is 0.321. The van der Waals surface area contributed by atoms with Gasteiger partial charge in [-0.15, -0.1) is 0 Å². The molecule has 0 fully saturated rings. The summed E-state index contributed by atoms with van der Waals surface area (Å²) in [7, 11) is 0. The summed E-state index contributed by atoms with van der Waals surface area (Å²) in [5, 5.41) is 0. The van der Waals surface area contributed by atoms with Crippen molar-refractivity contribution >= 4 is 21.6 Å². The molecular formula is C15H24BrNO. The van der Waals surface area contributed by atoms with Crippen LogP contribution in [-0.4, -0.2) is 6.10 Å². The van der Waals surface area contributed by atoms with Crippen LogP contribution in [0.5, 0.6) is 0 Å². The van der Waals surface area contributed by atoms with Crippen molar-refractivity contribution in [1.82, 2.24) is 0 Å². The summed E-state index contributed by atoms with van der Waals surface area (Å²) in [6.45, 7) is 5.02. The molecule has 2 nitrogen and oxygen atoms in total. The normalized spacial score (nSPS) is 12.6. The van der Waals surface area contributed by atoms with Gasteiger partial charge < -0.3 is 10.5 Å². The molecule has 0 spiro atoms. The summed E-state index contributed by atoms with van der Waals surface area (Å²) in [5.41, 5.74) is 7.70. The van der Waals surface area contributed by atoms with Gasteiger partial charge >= 0.3 is 0 Å². The van der Waals surface area contributed by atoms with Crippen molar-refractivity contribution < 1.29 is 4.74 Å². The van der Waals surface area contributed by atoms with E-state index in [1.807, 2.05) is 12.1 Å². The summed E-state index contributed by atoms with van der Waals surface area (Å²) >= 11 is 3.44. The molecule has 0 aromatic heterocycles. The van der Waals surface area contributed by atoms with Crippen LogP contribution in [0.4, 0.5) is 5.69 Å². The van der Waals surface area contributed by atoms with Gasteiger partial charge in [-0.1, -0.05) is 48.5 Å². The van der Waals surface area contributed by atoms with Crippen LogP contribution in [0.3, 0.4) is 0 Å². The molecule has 0 radical (unpaired) electrons. The molecule has 1 aromatic carbocycles. The largest absolute Gasteiger partial charge is 0.399 e. The van der Waals surface area contributed by atoms with E-state index in [2.05, 4.69) is 35.8 Å². The first-order valence-electron chi connectivity index (χ1n) is 6.78. The molecule has 0 saturated carbocycles. The third-order valence-electron chi connectivity index (χ3n) is 2.98. The molecule has 0 aliphatic heterocycles. The Kier molecular flexibility index (Phi) is 7.36. The van der Waals surface area contributed by atoms with Gasteiger partial charge in [0.25, 0.3) is 0 Å². The smallest absolute Gasteiger partial charge is 0.0721 e. The van der Waals surface area contributed by atoms with Crippen LogP contribution in [0.15, 0.2) is 22.7 Å². The van der Waals surface area contributed by atoms with Crippen molar-refractivity contribution in [2.75, 3.05) is 5.73 Å². The third kappa shape index (κ3) is 6.41. The Hall–Kier alpha value is -0.540. The first-order valence-corrected chi connectivity index (χ1v) is 7.57. The second-order valence-electron chi connectivity index (χ2n) is 4.86. The van der Waals surface area contributed by atoms with Crippen LogP contribution in [0.25, 0.3) is 0 Å². The number of hydrogen-bond acceptors (Lipinski definition) is 2. The second-order valence-corrected chi connectivity index (χ2v) is 5.78. The zero-order chi connectivity index (χ0) is 13.4. The standard InChI is InChI=1S/C15H24BrNO/c1-3-4-5-6-7-12(2)18-11-13-8-14(16)10-15(17)9-13/h8-10,12H,3-7,11,17H2,1-2H3. The van der Waals surface area contributed by atoms with Gasteiger partial charge in [0, 0.05) is 10.2 Å². The molecular weight excluding hydrogens is 290 g/mol. The summed E-state index contributed by atoms with van der Waals surface area (Å²) in [6.07, 6.45) is 6.65. The predicted octanol–water partition coefficient (Wildman–Crippen LogP) is 4.91. The van der Waals surface area contributed by atoms with Gasteiger partial charge in [-0.3, -0.25) is 0 Å².